The van der Waals surface area contributed by atoms with E-state index in [-0.39, 0.29) is 11.4 Å². The van der Waals surface area contributed by atoms with E-state index in [4.69, 9.17) is 10.5 Å². The van der Waals surface area contributed by atoms with Gasteiger partial charge < -0.3 is 10.5 Å². The number of ether oxygens (including phenoxy) is 1. The maximum atomic E-state index is 10.9. The predicted octanol–water partition coefficient (Wildman–Crippen LogP) is 2.85. The zero-order valence-electron chi connectivity index (χ0n) is 9.58. The molecule has 0 spiro atoms. The van der Waals surface area contributed by atoms with Crippen molar-refractivity contribution < 1.29 is 9.66 Å². The summed E-state index contributed by atoms with van der Waals surface area (Å²) in [7, 11) is 0. The summed E-state index contributed by atoms with van der Waals surface area (Å²) in [6, 6.07) is 13.4. The summed E-state index contributed by atoms with van der Waals surface area (Å²) in [6.45, 7) is 0.316. The molecule has 0 heterocycles. The van der Waals surface area contributed by atoms with Crippen molar-refractivity contribution in [3.63, 3.8) is 0 Å². The van der Waals surface area contributed by atoms with Gasteiger partial charge in [0.25, 0.3) is 0 Å². The molecule has 2 aromatic carbocycles. The fraction of sp³-hybridized carbons (Fsp3) is 0.0769. The first kappa shape index (κ1) is 12.1. The van der Waals surface area contributed by atoms with Crippen molar-refractivity contribution in [1.29, 1.82) is 0 Å². The number of nitro benzene ring substituents is 1. The topological polar surface area (TPSA) is 78.4 Å². The Labute approximate surface area is 104 Å². The van der Waals surface area contributed by atoms with E-state index in [1.807, 2.05) is 12.1 Å². The maximum Gasteiger partial charge on any atom is 0.311 e. The second-order valence-electron chi connectivity index (χ2n) is 3.64. The molecule has 2 rings (SSSR count). The third kappa shape index (κ3) is 2.46. The normalized spacial score (nSPS) is 10.1. The predicted molar refractivity (Wildman–Crippen MR) is 67.5 cm³/mol. The van der Waals surface area contributed by atoms with Crippen molar-refractivity contribution >= 4 is 5.69 Å². The zero-order valence-corrected chi connectivity index (χ0v) is 9.58. The molecule has 0 aromatic heterocycles. The number of nitrogens with two attached hydrogens (primary N) is 1. The minimum Gasteiger partial charge on any atom is -0.450 e. The van der Waals surface area contributed by atoms with Crippen LogP contribution < -0.4 is 10.5 Å². The summed E-state index contributed by atoms with van der Waals surface area (Å²) in [5, 5.41) is 10.9. The Morgan fingerprint density at radius 2 is 1.67 bits per heavy atom. The number of benzene rings is 2. The van der Waals surface area contributed by atoms with E-state index in [2.05, 4.69) is 0 Å². The lowest BCUT2D eigenvalue weighted by atomic mass is 10.2. The van der Waals surface area contributed by atoms with Gasteiger partial charge in [-0.2, -0.15) is 0 Å². The van der Waals surface area contributed by atoms with Gasteiger partial charge in [-0.1, -0.05) is 30.3 Å². The minimum absolute atomic E-state index is 0.0654. The van der Waals surface area contributed by atoms with Gasteiger partial charge in [0.05, 0.1) is 4.92 Å². The standard InChI is InChI=1S/C13H12N2O3/c14-9-10-5-1-3-7-12(10)18-13-8-4-2-6-11(13)15(16)17/h1-8H,9,14H2. The van der Waals surface area contributed by atoms with Gasteiger partial charge in [-0.3, -0.25) is 10.1 Å². The third-order valence-corrected chi connectivity index (χ3v) is 2.47. The molecule has 2 aromatic rings. The smallest absolute Gasteiger partial charge is 0.311 e. The van der Waals surface area contributed by atoms with Crippen molar-refractivity contribution in [2.24, 2.45) is 5.73 Å². The highest BCUT2D eigenvalue weighted by atomic mass is 16.6. The fourth-order valence-corrected chi connectivity index (χ4v) is 1.58. The molecular weight excluding hydrogens is 232 g/mol. The molecule has 0 atom stereocenters. The van der Waals surface area contributed by atoms with Gasteiger partial charge in [0, 0.05) is 18.2 Å². The van der Waals surface area contributed by atoms with Crippen molar-refractivity contribution in [1.82, 2.24) is 0 Å². The van der Waals surface area contributed by atoms with E-state index in [1.165, 1.54) is 6.07 Å². The molecule has 0 fully saturated rings. The molecule has 92 valence electrons. The van der Waals surface area contributed by atoms with Crippen molar-refractivity contribution in [2.45, 2.75) is 6.54 Å². The van der Waals surface area contributed by atoms with E-state index in [9.17, 15) is 10.1 Å². The van der Waals surface area contributed by atoms with Crippen LogP contribution in [-0.2, 0) is 6.54 Å². The lowest BCUT2D eigenvalue weighted by molar-refractivity contribution is -0.385. The average Bonchev–Trinajstić information content (AvgIpc) is 2.40. The minimum atomic E-state index is -0.472. The molecule has 0 unspecified atom stereocenters. The highest BCUT2D eigenvalue weighted by Gasteiger charge is 2.15. The Morgan fingerprint density at radius 1 is 1.06 bits per heavy atom. The molecule has 0 saturated carbocycles. The number of para-hydroxylation sites is 3. The molecular formula is C13H12N2O3. The van der Waals surface area contributed by atoms with Gasteiger partial charge in [-0.05, 0) is 12.1 Å². The number of nitrogens with zero attached hydrogens (tertiary/aromatic N) is 1. The Bertz CT molecular complexity index is 570. The van der Waals surface area contributed by atoms with Crippen LogP contribution in [0.25, 0.3) is 0 Å². The van der Waals surface area contributed by atoms with Gasteiger partial charge in [0.2, 0.25) is 5.75 Å². The highest BCUT2D eigenvalue weighted by molar-refractivity contribution is 5.49. The molecule has 0 amide bonds. The van der Waals surface area contributed by atoms with Crippen LogP contribution in [0.2, 0.25) is 0 Å². The molecule has 5 heteroatoms. The van der Waals surface area contributed by atoms with Crippen LogP contribution in [0.5, 0.6) is 11.5 Å². The number of hydrogen-bond donors (Lipinski definition) is 1. The van der Waals surface area contributed by atoms with E-state index in [0.717, 1.165) is 5.56 Å². The van der Waals surface area contributed by atoms with Crippen molar-refractivity contribution in [3.05, 3.63) is 64.2 Å². The number of hydrogen-bond acceptors (Lipinski definition) is 4. The SMILES string of the molecule is NCc1ccccc1Oc1ccccc1[N+](=O)[O-]. The van der Waals surface area contributed by atoms with Crippen LogP contribution in [0.15, 0.2) is 48.5 Å². The van der Waals surface area contributed by atoms with Crippen LogP contribution >= 0.6 is 0 Å². The Hall–Kier alpha value is -2.40. The average molecular weight is 244 g/mol. The Balaban J connectivity index is 2.37. The number of rotatable bonds is 4. The first-order valence-corrected chi connectivity index (χ1v) is 5.41. The second kappa shape index (κ2) is 5.29. The van der Waals surface area contributed by atoms with Crippen molar-refractivity contribution in [3.8, 4) is 11.5 Å². The number of nitro groups is 1. The van der Waals surface area contributed by atoms with Crippen LogP contribution in [0.4, 0.5) is 5.69 Å². The fourth-order valence-electron chi connectivity index (χ4n) is 1.58. The lowest BCUT2D eigenvalue weighted by Crippen LogP contribution is -2.00. The molecule has 2 N–H and O–H groups in total. The molecule has 18 heavy (non-hydrogen) atoms. The van der Waals surface area contributed by atoms with Crippen LogP contribution in [-0.4, -0.2) is 4.92 Å². The molecule has 0 radical (unpaired) electrons. The van der Waals surface area contributed by atoms with Gasteiger partial charge in [0.15, 0.2) is 0 Å². The van der Waals surface area contributed by atoms with E-state index < -0.39 is 4.92 Å². The summed E-state index contributed by atoms with van der Waals surface area (Å²) >= 11 is 0. The van der Waals surface area contributed by atoms with Gasteiger partial charge >= 0.3 is 5.69 Å². The Kier molecular flexibility index (Phi) is 3.54. The maximum absolute atomic E-state index is 10.9. The molecule has 0 aliphatic rings. The summed E-state index contributed by atoms with van der Waals surface area (Å²) in [6.07, 6.45) is 0. The van der Waals surface area contributed by atoms with Crippen LogP contribution in [0.3, 0.4) is 0 Å². The molecule has 0 saturated heterocycles. The molecule has 0 aliphatic carbocycles. The highest BCUT2D eigenvalue weighted by Crippen LogP contribution is 2.32. The van der Waals surface area contributed by atoms with Crippen LogP contribution in [0.1, 0.15) is 5.56 Å². The third-order valence-electron chi connectivity index (χ3n) is 2.47. The molecule has 5 nitrogen and oxygen atoms in total. The first-order valence-electron chi connectivity index (χ1n) is 5.41. The molecule has 0 bridgehead atoms. The van der Waals surface area contributed by atoms with Gasteiger partial charge in [-0.15, -0.1) is 0 Å². The van der Waals surface area contributed by atoms with Gasteiger partial charge in [0.1, 0.15) is 5.75 Å². The molecule has 0 aliphatic heterocycles. The van der Waals surface area contributed by atoms with E-state index >= 15 is 0 Å². The lowest BCUT2D eigenvalue weighted by Gasteiger charge is -2.09. The van der Waals surface area contributed by atoms with E-state index in [1.54, 1.807) is 30.3 Å². The quantitative estimate of drug-likeness (QED) is 0.662. The summed E-state index contributed by atoms with van der Waals surface area (Å²) < 4.78 is 5.57. The summed E-state index contributed by atoms with van der Waals surface area (Å²) in [5.41, 5.74) is 6.32. The van der Waals surface area contributed by atoms with Crippen molar-refractivity contribution in [2.75, 3.05) is 0 Å². The Morgan fingerprint density at radius 3 is 2.33 bits per heavy atom. The summed E-state index contributed by atoms with van der Waals surface area (Å²) in [5.74, 6) is 0.748. The van der Waals surface area contributed by atoms with Crippen LogP contribution in [0, 0.1) is 10.1 Å². The largest absolute Gasteiger partial charge is 0.450 e. The second-order valence-corrected chi connectivity index (χ2v) is 3.64. The zero-order chi connectivity index (χ0) is 13.0. The monoisotopic (exact) mass is 244 g/mol. The van der Waals surface area contributed by atoms with Gasteiger partial charge in [-0.25, -0.2) is 0 Å². The van der Waals surface area contributed by atoms with E-state index in [0.29, 0.717) is 12.3 Å². The first-order chi connectivity index (χ1) is 8.72. The summed E-state index contributed by atoms with van der Waals surface area (Å²) in [4.78, 5) is 10.4.